The maximum atomic E-state index is 6.90. The van der Waals surface area contributed by atoms with Crippen LogP contribution in [0, 0.1) is 0 Å². The Bertz CT molecular complexity index is 4400. The molecule has 0 N–H and O–H groups in total. The first kappa shape index (κ1) is 42.8. The Morgan fingerprint density at radius 1 is 0.276 bits per heavy atom. The standard InChI is InChI=1S/C72H48N2O2/c1-71(57-37-17-13-33-55(57)67-51-31-11-9-27-47(51)63(43-59(67)71)73(45-23-5-3-6-24-45)61-39-21-35-53-49-29-15-19-41-65(49)75-69(53)61)72(2)58-38-18-14-34-56(58)68-52-32-12-10-28-48(52)64(44-60(68)72)74(46-25-7-4-8-26-46)62-40-22-36-54-50-30-16-20-42-66(50)76-70(54)62/h3-44H,1-2H3. The van der Waals surface area contributed by atoms with Gasteiger partial charge in [0.1, 0.15) is 11.2 Å². The minimum Gasteiger partial charge on any atom is -0.454 e. The summed E-state index contributed by atoms with van der Waals surface area (Å²) >= 11 is 0. The lowest BCUT2D eigenvalue weighted by Crippen LogP contribution is -2.44. The smallest absolute Gasteiger partial charge is 0.159 e. The molecule has 2 unspecified atom stereocenters. The fourth-order valence-electron chi connectivity index (χ4n) is 13.9. The molecule has 0 aliphatic heterocycles. The third-order valence-electron chi connectivity index (χ3n) is 17.4. The molecule has 14 aromatic rings. The van der Waals surface area contributed by atoms with Crippen LogP contribution >= 0.6 is 0 Å². The van der Waals surface area contributed by atoms with Crippen molar-refractivity contribution >= 4 is 99.5 Å². The molecule has 0 bridgehead atoms. The lowest BCUT2D eigenvalue weighted by molar-refractivity contribution is 0.376. The largest absolute Gasteiger partial charge is 0.454 e. The van der Waals surface area contributed by atoms with Gasteiger partial charge in [-0.15, -0.1) is 0 Å². The normalized spacial score (nSPS) is 16.4. The van der Waals surface area contributed by atoms with Crippen molar-refractivity contribution < 1.29 is 8.83 Å². The van der Waals surface area contributed by atoms with Gasteiger partial charge >= 0.3 is 0 Å². The molecule has 2 heterocycles. The van der Waals surface area contributed by atoms with Gasteiger partial charge in [-0.25, -0.2) is 0 Å². The lowest BCUT2D eigenvalue weighted by Gasteiger charge is -2.46. The number of benzene rings is 12. The molecule has 16 rings (SSSR count). The fraction of sp³-hybridized carbons (Fsp3) is 0.0556. The van der Waals surface area contributed by atoms with E-state index in [1.165, 1.54) is 66.1 Å². The van der Waals surface area contributed by atoms with Crippen molar-refractivity contribution in [1.82, 2.24) is 0 Å². The van der Waals surface area contributed by atoms with Crippen LogP contribution in [0.5, 0.6) is 0 Å². The second kappa shape index (κ2) is 15.9. The van der Waals surface area contributed by atoms with Crippen molar-refractivity contribution in [3.63, 3.8) is 0 Å². The van der Waals surface area contributed by atoms with Crippen LogP contribution in [0.15, 0.2) is 264 Å². The van der Waals surface area contributed by atoms with Crippen LogP contribution in [-0.2, 0) is 10.8 Å². The van der Waals surface area contributed by atoms with E-state index < -0.39 is 10.8 Å². The van der Waals surface area contributed by atoms with Gasteiger partial charge in [0, 0.05) is 54.5 Å². The van der Waals surface area contributed by atoms with E-state index in [9.17, 15) is 0 Å². The second-order valence-corrected chi connectivity index (χ2v) is 20.9. The predicted octanol–water partition coefficient (Wildman–Crippen LogP) is 20.0. The molecule has 0 saturated heterocycles. The van der Waals surface area contributed by atoms with Crippen LogP contribution < -0.4 is 9.80 Å². The van der Waals surface area contributed by atoms with E-state index in [4.69, 9.17) is 8.83 Å². The van der Waals surface area contributed by atoms with Crippen molar-refractivity contribution in [2.24, 2.45) is 0 Å². The summed E-state index contributed by atoms with van der Waals surface area (Å²) < 4.78 is 13.8. The molecule has 4 nitrogen and oxygen atoms in total. The molecule has 76 heavy (non-hydrogen) atoms. The molecule has 2 aromatic heterocycles. The number of furan rings is 2. The average Bonchev–Trinajstić information content (AvgIpc) is 4.36. The van der Waals surface area contributed by atoms with E-state index in [2.05, 4.69) is 278 Å². The molecule has 0 amide bonds. The van der Waals surface area contributed by atoms with Crippen molar-refractivity contribution in [2.75, 3.05) is 9.80 Å². The van der Waals surface area contributed by atoms with Crippen LogP contribution in [0.1, 0.15) is 36.1 Å². The molecule has 2 aliphatic carbocycles. The van der Waals surface area contributed by atoms with Gasteiger partial charge in [-0.2, -0.15) is 0 Å². The number of hydrogen-bond acceptors (Lipinski definition) is 4. The maximum Gasteiger partial charge on any atom is 0.159 e. The average molecular weight is 973 g/mol. The van der Waals surface area contributed by atoms with Crippen molar-refractivity contribution in [3.8, 4) is 22.3 Å². The summed E-state index contributed by atoms with van der Waals surface area (Å²) in [6.45, 7) is 5.07. The summed E-state index contributed by atoms with van der Waals surface area (Å²) in [4.78, 5) is 4.88. The van der Waals surface area contributed by atoms with Gasteiger partial charge in [-0.1, -0.05) is 208 Å². The van der Waals surface area contributed by atoms with Gasteiger partial charge in [-0.3, -0.25) is 0 Å². The summed E-state index contributed by atoms with van der Waals surface area (Å²) in [5, 5.41) is 9.16. The van der Waals surface area contributed by atoms with Crippen LogP contribution in [0.4, 0.5) is 34.1 Å². The van der Waals surface area contributed by atoms with Crippen LogP contribution in [0.25, 0.3) is 87.7 Å². The van der Waals surface area contributed by atoms with E-state index in [0.29, 0.717) is 0 Å². The van der Waals surface area contributed by atoms with Crippen LogP contribution in [0.3, 0.4) is 0 Å². The van der Waals surface area contributed by atoms with E-state index in [-0.39, 0.29) is 0 Å². The third-order valence-corrected chi connectivity index (χ3v) is 17.4. The third kappa shape index (κ3) is 5.68. The highest BCUT2D eigenvalue weighted by Crippen LogP contribution is 2.68. The highest BCUT2D eigenvalue weighted by Gasteiger charge is 2.58. The summed E-state index contributed by atoms with van der Waals surface area (Å²) in [5.41, 5.74) is 18.8. The van der Waals surface area contributed by atoms with Crippen molar-refractivity contribution in [2.45, 2.75) is 24.7 Å². The molecule has 4 heteroatoms. The predicted molar refractivity (Wildman–Crippen MR) is 316 cm³/mol. The summed E-state index contributed by atoms with van der Waals surface area (Å²) in [6, 6.07) is 93.2. The van der Waals surface area contributed by atoms with Gasteiger partial charge in [0.05, 0.1) is 22.7 Å². The molecular formula is C72H48N2O2. The van der Waals surface area contributed by atoms with Crippen molar-refractivity contribution in [1.29, 1.82) is 0 Å². The molecule has 0 spiro atoms. The Hall–Kier alpha value is -9.64. The molecule has 0 fully saturated rings. The monoisotopic (exact) mass is 972 g/mol. The number of anilines is 6. The molecular weight excluding hydrogens is 925 g/mol. The van der Waals surface area contributed by atoms with E-state index in [1.54, 1.807) is 0 Å². The van der Waals surface area contributed by atoms with Crippen molar-refractivity contribution in [3.05, 3.63) is 277 Å². The van der Waals surface area contributed by atoms with Gasteiger partial charge in [0.2, 0.25) is 0 Å². The maximum absolute atomic E-state index is 6.90. The van der Waals surface area contributed by atoms with Gasteiger partial charge in [0.15, 0.2) is 11.2 Å². The second-order valence-electron chi connectivity index (χ2n) is 20.9. The summed E-state index contributed by atoms with van der Waals surface area (Å²) in [6.07, 6.45) is 0. The van der Waals surface area contributed by atoms with Gasteiger partial charge < -0.3 is 18.6 Å². The molecule has 0 radical (unpaired) electrons. The quantitative estimate of drug-likeness (QED) is 0.159. The zero-order chi connectivity index (χ0) is 50.3. The topological polar surface area (TPSA) is 32.8 Å². The minimum atomic E-state index is -0.622. The van der Waals surface area contributed by atoms with Gasteiger partial charge in [-0.05, 0) is 116 Å². The number of nitrogens with zero attached hydrogens (tertiary/aromatic N) is 2. The first-order valence-electron chi connectivity index (χ1n) is 26.3. The summed E-state index contributed by atoms with van der Waals surface area (Å²) in [7, 11) is 0. The molecule has 0 saturated carbocycles. The zero-order valence-corrected chi connectivity index (χ0v) is 42.0. The Morgan fingerprint density at radius 3 is 1.05 bits per heavy atom. The van der Waals surface area contributed by atoms with Gasteiger partial charge in [0.25, 0.3) is 0 Å². The van der Waals surface area contributed by atoms with Crippen LogP contribution in [0.2, 0.25) is 0 Å². The highest BCUT2D eigenvalue weighted by atomic mass is 16.3. The number of rotatable bonds is 7. The Morgan fingerprint density at radius 2 is 0.618 bits per heavy atom. The Kier molecular flexibility index (Phi) is 8.98. The van der Waals surface area contributed by atoms with Crippen LogP contribution in [-0.4, -0.2) is 0 Å². The Balaban J connectivity index is 1.01. The Labute approximate surface area is 439 Å². The first-order valence-corrected chi connectivity index (χ1v) is 26.3. The first-order chi connectivity index (χ1) is 37.5. The minimum absolute atomic E-state index is 0.622. The van der Waals surface area contributed by atoms with E-state index in [1.807, 2.05) is 0 Å². The number of fused-ring (bicyclic) bond motifs is 16. The SMILES string of the molecule is CC1(C2(C)c3ccccc3-c3c2cc(N(c2ccccc2)c2cccc4c2oc2ccccc24)c2ccccc32)c2ccccc2-c2c1cc(N(c1ccccc1)c1cccc3c1oc1ccccc13)c1ccccc21. The highest BCUT2D eigenvalue weighted by molar-refractivity contribution is 6.17. The van der Waals surface area contributed by atoms with E-state index >= 15 is 0 Å². The molecule has 12 aromatic carbocycles. The molecule has 2 aliphatic rings. The number of hydrogen-bond donors (Lipinski definition) is 0. The number of para-hydroxylation sites is 6. The molecule has 358 valence electrons. The summed E-state index contributed by atoms with van der Waals surface area (Å²) in [5.74, 6) is 0. The lowest BCUT2D eigenvalue weighted by atomic mass is 9.56. The van der Waals surface area contributed by atoms with E-state index in [0.717, 1.165) is 78.0 Å². The zero-order valence-electron chi connectivity index (χ0n) is 42.0. The molecule has 2 atom stereocenters. The fourth-order valence-corrected chi connectivity index (χ4v) is 13.9.